The summed E-state index contributed by atoms with van der Waals surface area (Å²) in [5.41, 5.74) is 11.8. The molecule has 0 aliphatic carbocycles. The largest absolute Gasteiger partial charge is 0.392 e. The van der Waals surface area contributed by atoms with Gasteiger partial charge in [-0.15, -0.1) is 0 Å². The number of hydrogen-bond acceptors (Lipinski definition) is 1. The first-order valence-corrected chi connectivity index (χ1v) is 16.4. The molecule has 0 bridgehead atoms. The van der Waals surface area contributed by atoms with E-state index in [1.807, 2.05) is 6.08 Å². The van der Waals surface area contributed by atoms with Gasteiger partial charge in [-0.1, -0.05) is 93.2 Å². The van der Waals surface area contributed by atoms with Gasteiger partial charge in [0.15, 0.2) is 0 Å². The highest BCUT2D eigenvalue weighted by Gasteiger charge is 1.96. The topological polar surface area (TPSA) is 20.2 Å². The van der Waals surface area contributed by atoms with Gasteiger partial charge in [-0.3, -0.25) is 0 Å². The van der Waals surface area contributed by atoms with Crippen molar-refractivity contribution in [2.75, 3.05) is 6.61 Å². The zero-order valence-corrected chi connectivity index (χ0v) is 28.7. The minimum absolute atomic E-state index is 0.151. The Kier molecular flexibility index (Phi) is 24.3. The lowest BCUT2D eigenvalue weighted by Crippen LogP contribution is -1.84. The molecule has 1 nitrogen and oxygen atoms in total. The first-order valence-electron chi connectivity index (χ1n) is 16.4. The van der Waals surface area contributed by atoms with E-state index in [4.69, 9.17) is 5.11 Å². The maximum atomic E-state index is 8.95. The van der Waals surface area contributed by atoms with Gasteiger partial charge in [-0.2, -0.15) is 0 Å². The molecule has 0 aromatic heterocycles. The first kappa shape index (κ1) is 38.9. The van der Waals surface area contributed by atoms with Crippen LogP contribution in [0.3, 0.4) is 0 Å². The average molecular weight is 563 g/mol. The average Bonchev–Trinajstić information content (AvgIpc) is 2.88. The predicted molar refractivity (Wildman–Crippen MR) is 187 cm³/mol. The maximum Gasteiger partial charge on any atom is 0.0614 e. The van der Waals surface area contributed by atoms with Gasteiger partial charge in [0.25, 0.3) is 0 Å². The number of hydrogen-bond donors (Lipinski definition) is 1. The molecule has 1 N–H and O–H groups in total. The second kappa shape index (κ2) is 25.6. The molecule has 0 rings (SSSR count). The van der Waals surface area contributed by atoms with E-state index in [-0.39, 0.29) is 6.61 Å². The summed E-state index contributed by atoms with van der Waals surface area (Å²) >= 11 is 0. The molecule has 0 aliphatic rings. The monoisotopic (exact) mass is 563 g/mol. The summed E-state index contributed by atoms with van der Waals surface area (Å²) < 4.78 is 0. The van der Waals surface area contributed by atoms with Crippen LogP contribution in [0, 0.1) is 0 Å². The molecule has 0 unspecified atom stereocenters. The lowest BCUT2D eigenvalue weighted by molar-refractivity contribution is 0.341. The van der Waals surface area contributed by atoms with Crippen LogP contribution in [0.2, 0.25) is 0 Å². The molecule has 0 aliphatic heterocycles. The summed E-state index contributed by atoms with van der Waals surface area (Å²) in [7, 11) is 0. The highest BCUT2D eigenvalue weighted by atomic mass is 16.2. The third kappa shape index (κ3) is 26.5. The minimum Gasteiger partial charge on any atom is -0.392 e. The third-order valence-electron chi connectivity index (χ3n) is 7.72. The van der Waals surface area contributed by atoms with Gasteiger partial charge in [0, 0.05) is 0 Å². The molecule has 0 heterocycles. The summed E-state index contributed by atoms with van der Waals surface area (Å²) in [6, 6.07) is 0. The van der Waals surface area contributed by atoms with Gasteiger partial charge >= 0.3 is 0 Å². The molecule has 0 saturated heterocycles. The Hall–Kier alpha value is -2.12. The highest BCUT2D eigenvalue weighted by Crippen LogP contribution is 2.17. The van der Waals surface area contributed by atoms with Crippen LogP contribution >= 0.6 is 0 Å². The zero-order valence-electron chi connectivity index (χ0n) is 28.7. The predicted octanol–water partition coefficient (Wildman–Crippen LogP) is 13.0. The Balaban J connectivity index is 4.18. The minimum atomic E-state index is 0.151. The molecule has 0 aromatic carbocycles. The molecular formula is C40H66O. The quantitative estimate of drug-likeness (QED) is 0.130. The molecule has 0 amide bonds. The Labute approximate surface area is 256 Å². The second-order valence-corrected chi connectivity index (χ2v) is 12.6. The lowest BCUT2D eigenvalue weighted by atomic mass is 10.0. The number of allylic oxidation sites excluding steroid dienone is 15. The van der Waals surface area contributed by atoms with Crippen molar-refractivity contribution in [2.45, 2.75) is 152 Å². The van der Waals surface area contributed by atoms with Crippen LogP contribution in [-0.4, -0.2) is 11.7 Å². The molecule has 0 atom stereocenters. The first-order chi connectivity index (χ1) is 19.5. The van der Waals surface area contributed by atoms with Crippen molar-refractivity contribution in [1.29, 1.82) is 0 Å². The van der Waals surface area contributed by atoms with Crippen molar-refractivity contribution in [3.05, 3.63) is 93.2 Å². The van der Waals surface area contributed by atoms with Crippen LogP contribution in [0.25, 0.3) is 0 Å². The van der Waals surface area contributed by atoms with E-state index in [0.717, 1.165) is 51.4 Å². The van der Waals surface area contributed by atoms with Crippen molar-refractivity contribution in [2.24, 2.45) is 0 Å². The number of aliphatic hydroxyl groups excluding tert-OH is 1. The fourth-order valence-electron chi connectivity index (χ4n) is 4.74. The van der Waals surface area contributed by atoms with Gasteiger partial charge in [0.1, 0.15) is 0 Å². The fourth-order valence-corrected chi connectivity index (χ4v) is 4.74. The van der Waals surface area contributed by atoms with Crippen LogP contribution in [0.4, 0.5) is 0 Å². The van der Waals surface area contributed by atoms with Gasteiger partial charge in [0.2, 0.25) is 0 Å². The van der Waals surface area contributed by atoms with Crippen molar-refractivity contribution in [1.82, 2.24) is 0 Å². The van der Waals surface area contributed by atoms with Crippen LogP contribution in [0.1, 0.15) is 152 Å². The van der Waals surface area contributed by atoms with Crippen LogP contribution in [0.15, 0.2) is 93.2 Å². The summed E-state index contributed by atoms with van der Waals surface area (Å²) in [6.45, 7) is 20.3. The summed E-state index contributed by atoms with van der Waals surface area (Å²) in [5.74, 6) is 0. The summed E-state index contributed by atoms with van der Waals surface area (Å²) in [6.07, 6.45) is 34.9. The molecule has 0 radical (unpaired) electrons. The number of aliphatic hydroxyl groups is 1. The molecule has 0 saturated carbocycles. The van der Waals surface area contributed by atoms with E-state index in [2.05, 4.69) is 105 Å². The molecular weight excluding hydrogens is 496 g/mol. The van der Waals surface area contributed by atoms with E-state index in [1.165, 1.54) is 83.1 Å². The Morgan fingerprint density at radius 3 is 0.707 bits per heavy atom. The summed E-state index contributed by atoms with van der Waals surface area (Å²) in [4.78, 5) is 0. The van der Waals surface area contributed by atoms with E-state index in [9.17, 15) is 0 Å². The fraction of sp³-hybridized carbons (Fsp3) is 0.600. The van der Waals surface area contributed by atoms with Crippen LogP contribution in [-0.2, 0) is 0 Å². The highest BCUT2D eigenvalue weighted by molar-refractivity contribution is 5.10. The van der Waals surface area contributed by atoms with Crippen molar-refractivity contribution in [3.63, 3.8) is 0 Å². The van der Waals surface area contributed by atoms with Crippen LogP contribution < -0.4 is 0 Å². The van der Waals surface area contributed by atoms with Gasteiger partial charge in [-0.05, 0) is 152 Å². The maximum absolute atomic E-state index is 8.95. The third-order valence-corrected chi connectivity index (χ3v) is 7.72. The standard InChI is InChI=1S/C40H66O/c1-33(2)17-10-18-34(3)19-11-20-35(4)21-12-22-36(5)23-13-24-37(6)25-14-26-38(7)27-15-28-39(8)29-16-30-40(9)31-32-41/h17,19,21,23,25,27,29,31,41H,10-16,18,20,22,24,26,28,30,32H2,1-9H3. The molecule has 1 heteroatoms. The Morgan fingerprint density at radius 1 is 0.317 bits per heavy atom. The van der Waals surface area contributed by atoms with E-state index in [0.29, 0.717) is 0 Å². The van der Waals surface area contributed by atoms with Crippen molar-refractivity contribution in [3.8, 4) is 0 Å². The van der Waals surface area contributed by atoms with Gasteiger partial charge in [0.05, 0.1) is 6.61 Å². The van der Waals surface area contributed by atoms with E-state index < -0.39 is 0 Å². The number of rotatable bonds is 22. The Bertz CT molecular complexity index is 951. The molecule has 0 fully saturated rings. The SMILES string of the molecule is CC(C)=CCCC(C)=CCCC(C)=CCCC(C)=CCCC(C)=CCCC(C)=CCCC(C)=CCCC(C)=CCO. The van der Waals surface area contributed by atoms with Crippen molar-refractivity contribution < 1.29 is 5.11 Å². The smallest absolute Gasteiger partial charge is 0.0614 e. The normalized spacial score (nSPS) is 14.6. The van der Waals surface area contributed by atoms with Gasteiger partial charge in [-0.25, -0.2) is 0 Å². The lowest BCUT2D eigenvalue weighted by Gasteiger charge is -2.04. The second-order valence-electron chi connectivity index (χ2n) is 12.6. The van der Waals surface area contributed by atoms with Gasteiger partial charge < -0.3 is 5.11 Å². The Morgan fingerprint density at radius 2 is 0.512 bits per heavy atom. The van der Waals surface area contributed by atoms with Crippen LogP contribution in [0.5, 0.6) is 0 Å². The zero-order chi connectivity index (χ0) is 30.9. The molecule has 0 spiro atoms. The molecule has 41 heavy (non-hydrogen) atoms. The van der Waals surface area contributed by atoms with E-state index >= 15 is 0 Å². The summed E-state index contributed by atoms with van der Waals surface area (Å²) in [5, 5.41) is 8.95. The van der Waals surface area contributed by atoms with Crippen molar-refractivity contribution >= 4 is 0 Å². The molecule has 0 aromatic rings. The molecule has 232 valence electrons. The van der Waals surface area contributed by atoms with E-state index in [1.54, 1.807) is 0 Å².